The van der Waals surface area contributed by atoms with Gasteiger partial charge in [-0.15, -0.1) is 0 Å². The van der Waals surface area contributed by atoms with Crippen molar-refractivity contribution < 1.29 is 14.4 Å². The van der Waals surface area contributed by atoms with Crippen molar-refractivity contribution in [1.82, 2.24) is 0 Å². The summed E-state index contributed by atoms with van der Waals surface area (Å²) in [5, 5.41) is 0.639. The molecule has 4 heteroatoms. The number of halogens is 1. The molecule has 0 spiro atoms. The van der Waals surface area contributed by atoms with Gasteiger partial charge in [0.2, 0.25) is 0 Å². The van der Waals surface area contributed by atoms with Gasteiger partial charge in [0.1, 0.15) is 6.61 Å². The SMILES string of the molecule is O=C(OC[C@@H]1CCC[NH+]2CCCC[C@@H]12)c1ccc(Cl)cc1. The van der Waals surface area contributed by atoms with E-state index < -0.39 is 0 Å². The van der Waals surface area contributed by atoms with Gasteiger partial charge in [0, 0.05) is 10.9 Å². The first kappa shape index (κ1) is 14.9. The summed E-state index contributed by atoms with van der Waals surface area (Å²) in [4.78, 5) is 13.8. The fourth-order valence-electron chi connectivity index (χ4n) is 3.83. The molecule has 0 saturated carbocycles. The number of hydrogen-bond donors (Lipinski definition) is 1. The Bertz CT molecular complexity index is 486. The van der Waals surface area contributed by atoms with E-state index in [2.05, 4.69) is 0 Å². The maximum atomic E-state index is 12.1. The lowest BCUT2D eigenvalue weighted by molar-refractivity contribution is -0.940. The number of fused-ring (bicyclic) bond motifs is 1. The third-order valence-electron chi connectivity index (χ3n) is 4.94. The van der Waals surface area contributed by atoms with Crippen molar-refractivity contribution in [1.29, 1.82) is 0 Å². The van der Waals surface area contributed by atoms with Gasteiger partial charge in [0.25, 0.3) is 0 Å². The number of rotatable bonds is 3. The summed E-state index contributed by atoms with van der Waals surface area (Å²) in [5.41, 5.74) is 0.586. The number of hydrogen-bond acceptors (Lipinski definition) is 2. The molecule has 3 rings (SSSR count). The van der Waals surface area contributed by atoms with Crippen LogP contribution in [-0.2, 0) is 4.74 Å². The molecule has 1 aromatic carbocycles. The second-order valence-electron chi connectivity index (χ2n) is 6.27. The highest BCUT2D eigenvalue weighted by atomic mass is 35.5. The standard InChI is InChI=1S/C17H22ClNO2/c18-15-8-6-13(7-9-15)17(20)21-12-14-4-3-11-19-10-2-1-5-16(14)19/h6-9,14,16H,1-5,10-12H2/p+1/t14-,16-/m0/s1. The van der Waals surface area contributed by atoms with E-state index >= 15 is 0 Å². The van der Waals surface area contributed by atoms with Crippen molar-refractivity contribution in [2.24, 2.45) is 5.92 Å². The topological polar surface area (TPSA) is 30.7 Å². The van der Waals surface area contributed by atoms with E-state index in [1.54, 1.807) is 29.2 Å². The van der Waals surface area contributed by atoms with Gasteiger partial charge in [0.15, 0.2) is 0 Å². The zero-order valence-electron chi connectivity index (χ0n) is 12.3. The quantitative estimate of drug-likeness (QED) is 0.869. The number of esters is 1. The average Bonchev–Trinajstić information content (AvgIpc) is 2.53. The molecule has 0 aliphatic carbocycles. The minimum Gasteiger partial charge on any atom is -0.462 e. The highest BCUT2D eigenvalue weighted by Crippen LogP contribution is 2.21. The van der Waals surface area contributed by atoms with Crippen LogP contribution in [0.15, 0.2) is 24.3 Å². The van der Waals surface area contributed by atoms with E-state index in [1.807, 2.05) is 0 Å². The Hall–Kier alpha value is -1.06. The zero-order valence-corrected chi connectivity index (χ0v) is 13.1. The first-order valence-electron chi connectivity index (χ1n) is 8.01. The monoisotopic (exact) mass is 308 g/mol. The molecule has 114 valence electrons. The molecule has 2 aliphatic rings. The minimum atomic E-state index is -0.227. The summed E-state index contributed by atoms with van der Waals surface area (Å²) in [6.45, 7) is 3.16. The van der Waals surface area contributed by atoms with Gasteiger partial charge in [-0.05, 0) is 56.4 Å². The maximum absolute atomic E-state index is 12.1. The lowest BCUT2D eigenvalue weighted by Crippen LogP contribution is -3.18. The van der Waals surface area contributed by atoms with Crippen LogP contribution in [0.4, 0.5) is 0 Å². The summed E-state index contributed by atoms with van der Waals surface area (Å²) in [6.07, 6.45) is 6.43. The predicted molar refractivity (Wildman–Crippen MR) is 82.8 cm³/mol. The van der Waals surface area contributed by atoms with Crippen LogP contribution in [0.25, 0.3) is 0 Å². The molecule has 0 amide bonds. The Balaban J connectivity index is 1.56. The molecule has 0 radical (unpaired) electrons. The van der Waals surface area contributed by atoms with Crippen LogP contribution in [-0.4, -0.2) is 31.7 Å². The molecule has 1 aromatic rings. The number of piperidine rings is 2. The van der Waals surface area contributed by atoms with Crippen molar-refractivity contribution in [2.45, 2.75) is 38.1 Å². The van der Waals surface area contributed by atoms with Gasteiger partial charge in [0.05, 0.1) is 24.7 Å². The summed E-state index contributed by atoms with van der Waals surface area (Å²) in [5.74, 6) is 0.305. The molecule has 0 bridgehead atoms. The van der Waals surface area contributed by atoms with E-state index in [1.165, 1.54) is 45.2 Å². The van der Waals surface area contributed by atoms with Gasteiger partial charge in [-0.25, -0.2) is 4.79 Å². The third kappa shape index (κ3) is 3.58. The number of carbonyl (C=O) groups is 1. The Morgan fingerprint density at radius 3 is 2.71 bits per heavy atom. The molecule has 2 fully saturated rings. The van der Waals surface area contributed by atoms with Gasteiger partial charge in [-0.3, -0.25) is 0 Å². The minimum absolute atomic E-state index is 0.227. The Labute approximate surface area is 131 Å². The number of carbonyl (C=O) groups excluding carboxylic acids is 1. The number of nitrogens with one attached hydrogen (secondary N) is 1. The van der Waals surface area contributed by atoms with Crippen molar-refractivity contribution in [3.63, 3.8) is 0 Å². The lowest BCUT2D eigenvalue weighted by atomic mass is 9.84. The first-order valence-corrected chi connectivity index (χ1v) is 8.39. The van der Waals surface area contributed by atoms with Crippen LogP contribution >= 0.6 is 11.6 Å². The van der Waals surface area contributed by atoms with Crippen LogP contribution < -0.4 is 4.90 Å². The van der Waals surface area contributed by atoms with E-state index in [0.29, 0.717) is 29.2 Å². The van der Waals surface area contributed by atoms with E-state index in [4.69, 9.17) is 16.3 Å². The van der Waals surface area contributed by atoms with Crippen molar-refractivity contribution in [3.05, 3.63) is 34.9 Å². The molecule has 1 unspecified atom stereocenters. The summed E-state index contributed by atoms with van der Waals surface area (Å²) < 4.78 is 5.56. The third-order valence-corrected chi connectivity index (χ3v) is 5.19. The molecule has 3 nitrogen and oxygen atoms in total. The Morgan fingerprint density at radius 1 is 1.14 bits per heavy atom. The normalized spacial score (nSPS) is 28.7. The average molecular weight is 309 g/mol. The van der Waals surface area contributed by atoms with Crippen molar-refractivity contribution >= 4 is 17.6 Å². The van der Waals surface area contributed by atoms with Crippen molar-refractivity contribution in [2.75, 3.05) is 19.7 Å². The molecular formula is C17H23ClNO2+. The van der Waals surface area contributed by atoms with Crippen LogP contribution in [0.2, 0.25) is 5.02 Å². The molecule has 2 saturated heterocycles. The highest BCUT2D eigenvalue weighted by Gasteiger charge is 2.37. The van der Waals surface area contributed by atoms with E-state index in [9.17, 15) is 4.79 Å². The highest BCUT2D eigenvalue weighted by molar-refractivity contribution is 6.30. The molecule has 2 aliphatic heterocycles. The lowest BCUT2D eigenvalue weighted by Gasteiger charge is -2.40. The molecular weight excluding hydrogens is 286 g/mol. The van der Waals surface area contributed by atoms with Crippen molar-refractivity contribution in [3.8, 4) is 0 Å². The molecule has 21 heavy (non-hydrogen) atoms. The largest absolute Gasteiger partial charge is 0.462 e. The summed E-state index contributed by atoms with van der Waals surface area (Å²) in [6, 6.07) is 7.61. The van der Waals surface area contributed by atoms with Gasteiger partial charge in [-0.2, -0.15) is 0 Å². The second kappa shape index (κ2) is 6.80. The molecule has 1 N–H and O–H groups in total. The fraction of sp³-hybridized carbons (Fsp3) is 0.588. The van der Waals surface area contributed by atoms with E-state index in [-0.39, 0.29) is 5.97 Å². The Morgan fingerprint density at radius 2 is 1.90 bits per heavy atom. The molecule has 2 heterocycles. The first-order chi connectivity index (χ1) is 10.2. The second-order valence-corrected chi connectivity index (χ2v) is 6.70. The summed E-state index contributed by atoms with van der Waals surface area (Å²) in [7, 11) is 0. The van der Waals surface area contributed by atoms with Gasteiger partial charge in [-0.1, -0.05) is 11.6 Å². The van der Waals surface area contributed by atoms with E-state index in [0.717, 1.165) is 0 Å². The predicted octanol–water partition coefficient (Wildman–Crippen LogP) is 2.34. The fourth-order valence-corrected chi connectivity index (χ4v) is 3.96. The summed E-state index contributed by atoms with van der Waals surface area (Å²) >= 11 is 5.84. The van der Waals surface area contributed by atoms with Crippen LogP contribution in [0.5, 0.6) is 0 Å². The Kier molecular flexibility index (Phi) is 4.81. The zero-order chi connectivity index (χ0) is 14.7. The van der Waals surface area contributed by atoms with Gasteiger partial charge >= 0.3 is 5.97 Å². The molecule has 3 atom stereocenters. The smallest absolute Gasteiger partial charge is 0.338 e. The number of quaternary nitrogens is 1. The maximum Gasteiger partial charge on any atom is 0.338 e. The number of benzene rings is 1. The van der Waals surface area contributed by atoms with Crippen LogP contribution in [0.3, 0.4) is 0 Å². The van der Waals surface area contributed by atoms with Gasteiger partial charge < -0.3 is 9.64 Å². The van der Waals surface area contributed by atoms with Crippen LogP contribution in [0, 0.1) is 5.92 Å². The van der Waals surface area contributed by atoms with Crippen LogP contribution in [0.1, 0.15) is 42.5 Å². The molecule has 0 aromatic heterocycles. The number of ether oxygens (including phenoxy) is 1.